The van der Waals surface area contributed by atoms with Crippen LogP contribution in [-0.2, 0) is 12.4 Å². The van der Waals surface area contributed by atoms with Crippen LogP contribution < -0.4 is 0 Å². The lowest BCUT2D eigenvalue weighted by molar-refractivity contribution is -0.143. The van der Waals surface area contributed by atoms with E-state index in [4.69, 9.17) is 0 Å². The van der Waals surface area contributed by atoms with Gasteiger partial charge < -0.3 is 9.97 Å². The van der Waals surface area contributed by atoms with Crippen molar-refractivity contribution in [3.63, 3.8) is 0 Å². The van der Waals surface area contributed by atoms with E-state index < -0.39 is 23.5 Å². The Balaban J connectivity index is 1.66. The zero-order valence-corrected chi connectivity index (χ0v) is 19.2. The van der Waals surface area contributed by atoms with E-state index in [1.54, 1.807) is 36.4 Å². The molecule has 0 radical (unpaired) electrons. The normalized spacial score (nSPS) is 13.3. The number of hydrogen-bond donors (Lipinski definition) is 2. The summed E-state index contributed by atoms with van der Waals surface area (Å²) in [6.45, 7) is 0. The lowest BCUT2D eigenvalue weighted by atomic mass is 9.99. The highest BCUT2D eigenvalue weighted by Crippen LogP contribution is 2.40. The molecule has 0 spiro atoms. The average Bonchev–Trinajstić information content (AvgIpc) is 3.63. The van der Waals surface area contributed by atoms with Crippen LogP contribution in [0.1, 0.15) is 33.9 Å². The van der Waals surface area contributed by atoms with Crippen molar-refractivity contribution in [1.82, 2.24) is 19.9 Å². The molecule has 0 fully saturated rings. The summed E-state index contributed by atoms with van der Waals surface area (Å²) in [6, 6.07) is 13.8. The van der Waals surface area contributed by atoms with Crippen LogP contribution in [0.25, 0.3) is 57.5 Å². The van der Waals surface area contributed by atoms with Crippen molar-refractivity contribution in [3.05, 3.63) is 94.6 Å². The highest BCUT2D eigenvalue weighted by atomic mass is 19.4. The molecule has 5 heterocycles. The van der Waals surface area contributed by atoms with Gasteiger partial charge in [0.2, 0.25) is 0 Å². The maximum Gasteiger partial charge on any atom is 0.416 e. The zero-order valence-electron chi connectivity index (χ0n) is 19.2. The first-order valence-electron chi connectivity index (χ1n) is 11.4. The van der Waals surface area contributed by atoms with Crippen molar-refractivity contribution < 1.29 is 26.3 Å². The first-order chi connectivity index (χ1) is 18.0. The van der Waals surface area contributed by atoms with Crippen LogP contribution in [0.5, 0.6) is 0 Å². The summed E-state index contributed by atoms with van der Waals surface area (Å²) in [5, 5.41) is 0. The van der Waals surface area contributed by atoms with E-state index in [0.29, 0.717) is 33.8 Å². The first-order valence-corrected chi connectivity index (χ1v) is 11.4. The van der Waals surface area contributed by atoms with Crippen LogP contribution in [0.4, 0.5) is 26.3 Å². The Kier molecular flexibility index (Phi) is 5.30. The SMILES string of the molecule is FC(F)(F)c1cc(-c2cc3cc4nc(cc5ccc(cc6nc(cc2[nH]3)C=C6)[nH]5)C=C4)cc(C(F)(F)F)c1. The van der Waals surface area contributed by atoms with Crippen molar-refractivity contribution in [2.45, 2.75) is 12.4 Å². The van der Waals surface area contributed by atoms with E-state index in [2.05, 4.69) is 19.9 Å². The molecular weight excluding hydrogens is 506 g/mol. The Labute approximate surface area is 211 Å². The average molecular weight is 522 g/mol. The second kappa shape index (κ2) is 8.47. The molecule has 190 valence electrons. The van der Waals surface area contributed by atoms with Gasteiger partial charge in [0.1, 0.15) is 0 Å². The van der Waals surface area contributed by atoms with Gasteiger partial charge in [0.05, 0.1) is 33.9 Å². The number of benzene rings is 1. The Morgan fingerprint density at radius 3 is 1.47 bits per heavy atom. The minimum absolute atomic E-state index is 0.118. The number of aromatic amines is 2. The van der Waals surface area contributed by atoms with Crippen LogP contribution in [0.2, 0.25) is 0 Å². The number of fused-ring (bicyclic) bond motifs is 8. The Bertz CT molecular complexity index is 1770. The number of nitrogens with one attached hydrogen (secondary N) is 2. The molecule has 0 atom stereocenters. The van der Waals surface area contributed by atoms with Gasteiger partial charge in [-0.05, 0) is 90.5 Å². The van der Waals surface area contributed by atoms with E-state index in [-0.39, 0.29) is 17.2 Å². The molecule has 3 aromatic heterocycles. The van der Waals surface area contributed by atoms with E-state index >= 15 is 0 Å². The van der Waals surface area contributed by atoms with E-state index in [0.717, 1.165) is 23.2 Å². The van der Waals surface area contributed by atoms with Crippen LogP contribution in [0.15, 0.2) is 60.7 Å². The summed E-state index contributed by atoms with van der Waals surface area (Å²) in [5.74, 6) is 0. The molecule has 0 saturated carbocycles. The summed E-state index contributed by atoms with van der Waals surface area (Å²) in [6.07, 6.45) is -2.87. The van der Waals surface area contributed by atoms with Gasteiger partial charge in [-0.1, -0.05) is 0 Å². The van der Waals surface area contributed by atoms with Gasteiger partial charge in [-0.3, -0.25) is 0 Å². The van der Waals surface area contributed by atoms with Crippen molar-refractivity contribution in [3.8, 4) is 11.1 Å². The standard InChI is InChI=1S/C28H16F6N4/c29-27(30,31)16-7-15(8-17(9-16)28(32,33)34)25-13-24-12-22-4-3-20(36-22)10-18-1-2-19(35-18)11-21-5-6-23(37-21)14-26(25)38-24/h1-14,35,38H. The summed E-state index contributed by atoms with van der Waals surface area (Å²) in [4.78, 5) is 15.4. The van der Waals surface area contributed by atoms with Crippen molar-refractivity contribution in [2.24, 2.45) is 0 Å². The third-order valence-electron chi connectivity index (χ3n) is 6.07. The highest BCUT2D eigenvalue weighted by molar-refractivity contribution is 5.88. The van der Waals surface area contributed by atoms with E-state index in [1.165, 1.54) is 6.07 Å². The zero-order chi connectivity index (χ0) is 26.7. The van der Waals surface area contributed by atoms with Crippen LogP contribution >= 0.6 is 0 Å². The molecule has 1 aromatic carbocycles. The molecule has 10 heteroatoms. The lowest BCUT2D eigenvalue weighted by Crippen LogP contribution is -2.11. The minimum atomic E-state index is -4.96. The maximum atomic E-state index is 13.5. The van der Waals surface area contributed by atoms with Gasteiger partial charge >= 0.3 is 12.4 Å². The molecule has 0 aliphatic carbocycles. The summed E-state index contributed by atoms with van der Waals surface area (Å²) >= 11 is 0. The number of aromatic nitrogens is 4. The second-order valence-electron chi connectivity index (χ2n) is 8.88. The van der Waals surface area contributed by atoms with Crippen LogP contribution in [0.3, 0.4) is 0 Å². The molecular formula is C28H16F6N4. The first kappa shape index (κ1) is 23.8. The Morgan fingerprint density at radius 2 is 0.974 bits per heavy atom. The fraction of sp³-hybridized carbons (Fsp3) is 0.0714. The smallest absolute Gasteiger partial charge is 0.355 e. The van der Waals surface area contributed by atoms with E-state index in [9.17, 15) is 26.3 Å². The summed E-state index contributed by atoms with van der Waals surface area (Å²) in [7, 11) is 0. The Hall–Kier alpha value is -4.60. The van der Waals surface area contributed by atoms with Gasteiger partial charge in [0, 0.05) is 27.6 Å². The molecule has 4 nitrogen and oxygen atoms in total. The number of halogens is 6. The molecule has 4 aromatic rings. The number of rotatable bonds is 1. The quantitative estimate of drug-likeness (QED) is 0.213. The molecule has 2 aliphatic heterocycles. The van der Waals surface area contributed by atoms with Gasteiger partial charge in [-0.2, -0.15) is 26.3 Å². The van der Waals surface area contributed by atoms with Crippen molar-refractivity contribution in [1.29, 1.82) is 0 Å². The fourth-order valence-electron chi connectivity index (χ4n) is 4.37. The Morgan fingerprint density at radius 1 is 0.500 bits per heavy atom. The monoisotopic (exact) mass is 522 g/mol. The van der Waals surface area contributed by atoms with Crippen LogP contribution in [0, 0.1) is 0 Å². The second-order valence-corrected chi connectivity index (χ2v) is 8.88. The minimum Gasteiger partial charge on any atom is -0.355 e. The summed E-state index contributed by atoms with van der Waals surface area (Å²) < 4.78 is 81.3. The lowest BCUT2D eigenvalue weighted by Gasteiger charge is -2.14. The third kappa shape index (κ3) is 4.72. The molecule has 2 aliphatic rings. The van der Waals surface area contributed by atoms with Gasteiger partial charge in [0.25, 0.3) is 0 Å². The predicted molar refractivity (Wildman–Crippen MR) is 134 cm³/mol. The highest BCUT2D eigenvalue weighted by Gasteiger charge is 2.37. The number of hydrogen-bond acceptors (Lipinski definition) is 2. The van der Waals surface area contributed by atoms with Gasteiger partial charge in [-0.25, -0.2) is 9.97 Å². The van der Waals surface area contributed by atoms with Crippen LogP contribution in [-0.4, -0.2) is 19.9 Å². The van der Waals surface area contributed by atoms with E-state index in [1.807, 2.05) is 24.3 Å². The third-order valence-corrected chi connectivity index (χ3v) is 6.07. The predicted octanol–water partition coefficient (Wildman–Crippen LogP) is 8.36. The molecule has 0 unspecified atom stereocenters. The largest absolute Gasteiger partial charge is 0.416 e. The van der Waals surface area contributed by atoms with Gasteiger partial charge in [0.15, 0.2) is 0 Å². The molecule has 0 amide bonds. The molecule has 8 bridgehead atoms. The molecule has 2 N–H and O–H groups in total. The van der Waals surface area contributed by atoms with Crippen molar-refractivity contribution in [2.75, 3.05) is 0 Å². The number of nitrogens with zero attached hydrogens (tertiary/aromatic N) is 2. The van der Waals surface area contributed by atoms with Gasteiger partial charge in [-0.15, -0.1) is 0 Å². The molecule has 6 rings (SSSR count). The number of H-pyrrole nitrogens is 2. The summed E-state index contributed by atoms with van der Waals surface area (Å²) in [5.41, 5.74) is 1.91. The topological polar surface area (TPSA) is 57.4 Å². The fourth-order valence-corrected chi connectivity index (χ4v) is 4.37. The molecule has 38 heavy (non-hydrogen) atoms. The maximum absolute atomic E-state index is 13.5. The molecule has 0 saturated heterocycles. The van der Waals surface area contributed by atoms with Crippen molar-refractivity contribution >= 4 is 46.4 Å². The number of alkyl halides is 6.